The molecule has 1 unspecified atom stereocenters. The predicted molar refractivity (Wildman–Crippen MR) is 117 cm³/mol. The van der Waals surface area contributed by atoms with E-state index in [9.17, 15) is 23.1 Å². The summed E-state index contributed by atoms with van der Waals surface area (Å²) in [7, 11) is 0. The first-order valence-electron chi connectivity index (χ1n) is 11.4. The average molecular weight is 450 g/mol. The fraction of sp³-hybridized carbons (Fsp3) is 0.583. The highest BCUT2D eigenvalue weighted by Crippen LogP contribution is 2.38. The lowest BCUT2D eigenvalue weighted by atomic mass is 9.82. The van der Waals surface area contributed by atoms with Crippen LogP contribution in [0, 0.1) is 5.92 Å². The Balaban J connectivity index is 1.52. The van der Waals surface area contributed by atoms with Crippen LogP contribution in [0.25, 0.3) is 10.9 Å². The predicted octanol–water partition coefficient (Wildman–Crippen LogP) is 4.67. The lowest BCUT2D eigenvalue weighted by Crippen LogP contribution is -2.51. The van der Waals surface area contributed by atoms with Crippen LogP contribution < -0.4 is 10.2 Å². The van der Waals surface area contributed by atoms with Crippen molar-refractivity contribution in [1.82, 2.24) is 10.3 Å². The van der Waals surface area contributed by atoms with Gasteiger partial charge in [-0.05, 0) is 49.4 Å². The number of fused-ring (bicyclic) bond motifs is 1. The van der Waals surface area contributed by atoms with E-state index in [1.54, 1.807) is 12.1 Å². The van der Waals surface area contributed by atoms with Crippen molar-refractivity contribution in [2.45, 2.75) is 69.7 Å². The molecule has 1 aliphatic heterocycles. The number of hydrogen-bond acceptors (Lipinski definition) is 4. The van der Waals surface area contributed by atoms with Crippen LogP contribution in [0.3, 0.4) is 0 Å². The number of nitrogens with zero attached hydrogens (tertiary/aromatic N) is 2. The third-order valence-corrected chi connectivity index (χ3v) is 6.69. The van der Waals surface area contributed by atoms with Crippen molar-refractivity contribution in [2.24, 2.45) is 5.92 Å². The van der Waals surface area contributed by atoms with Crippen molar-refractivity contribution in [2.75, 3.05) is 18.0 Å². The Hall–Kier alpha value is -2.35. The van der Waals surface area contributed by atoms with Crippen molar-refractivity contribution in [3.63, 3.8) is 0 Å². The number of aromatic nitrogens is 1. The van der Waals surface area contributed by atoms with Gasteiger partial charge >= 0.3 is 6.18 Å². The molecule has 5 nitrogen and oxygen atoms in total. The molecule has 4 rings (SSSR count). The van der Waals surface area contributed by atoms with Crippen molar-refractivity contribution < 1.29 is 23.1 Å². The average Bonchev–Trinajstić information content (AvgIpc) is 2.71. The monoisotopic (exact) mass is 449 g/mol. The molecule has 0 spiro atoms. The summed E-state index contributed by atoms with van der Waals surface area (Å²) in [5.41, 5.74) is -1.03. The number of pyridine rings is 1. The van der Waals surface area contributed by atoms with Gasteiger partial charge in [0.1, 0.15) is 0 Å². The topological polar surface area (TPSA) is 65.5 Å². The number of rotatable bonds is 4. The summed E-state index contributed by atoms with van der Waals surface area (Å²) >= 11 is 0. The lowest BCUT2D eigenvalue weighted by Gasteiger charge is -2.39. The zero-order valence-electron chi connectivity index (χ0n) is 18.3. The number of benzene rings is 1. The van der Waals surface area contributed by atoms with Crippen LogP contribution in [-0.4, -0.2) is 40.7 Å². The molecule has 2 atom stereocenters. The van der Waals surface area contributed by atoms with Gasteiger partial charge in [0.05, 0.1) is 23.1 Å². The third-order valence-electron chi connectivity index (χ3n) is 6.69. The van der Waals surface area contributed by atoms with Gasteiger partial charge in [-0.25, -0.2) is 0 Å². The smallest absolute Gasteiger partial charge is 0.389 e. The van der Waals surface area contributed by atoms with E-state index in [1.807, 2.05) is 4.90 Å². The molecule has 1 aromatic carbocycles. The maximum Gasteiger partial charge on any atom is 0.418 e. The van der Waals surface area contributed by atoms with Gasteiger partial charge in [-0.1, -0.05) is 26.2 Å². The Labute approximate surface area is 186 Å². The summed E-state index contributed by atoms with van der Waals surface area (Å²) in [6.45, 7) is 3.26. The highest BCUT2D eigenvalue weighted by Gasteiger charge is 2.36. The maximum atomic E-state index is 13.5. The Kier molecular flexibility index (Phi) is 6.34. The minimum atomic E-state index is -4.48. The number of carbonyl (C=O) groups is 1. The number of carbonyl (C=O) groups excluding carboxylic acids is 1. The standard InChI is InChI=1S/C24H30F3N3O2/c1-16-12-17(29-21(31)13-23(32)9-3-2-4-10-23)15-30(14-16)20-8-7-19(24(25,26)27)22-18(20)6-5-11-28-22/h5-8,11,16-17,32H,2-4,9-10,12-15H2,1H3,(H,29,31)/t16-,17?/m0/s1. The molecule has 1 aromatic heterocycles. The van der Waals surface area contributed by atoms with Gasteiger partial charge in [-0.2, -0.15) is 13.2 Å². The second-order valence-electron chi connectivity index (χ2n) is 9.50. The number of aliphatic hydroxyl groups is 1. The summed E-state index contributed by atoms with van der Waals surface area (Å²) in [6.07, 6.45) is 2.06. The molecule has 2 heterocycles. The van der Waals surface area contributed by atoms with Gasteiger partial charge in [0.2, 0.25) is 5.91 Å². The molecule has 2 aromatic rings. The van der Waals surface area contributed by atoms with E-state index in [4.69, 9.17) is 0 Å². The van der Waals surface area contributed by atoms with Gasteiger partial charge in [0, 0.05) is 36.4 Å². The van der Waals surface area contributed by atoms with Gasteiger partial charge in [-0.3, -0.25) is 9.78 Å². The number of piperidine rings is 1. The fourth-order valence-corrected chi connectivity index (χ4v) is 5.28. The highest BCUT2D eigenvalue weighted by molar-refractivity contribution is 5.94. The Bertz CT molecular complexity index is 973. The normalized spacial score (nSPS) is 23.8. The molecule has 0 radical (unpaired) electrons. The van der Waals surface area contributed by atoms with Crippen LogP contribution in [-0.2, 0) is 11.0 Å². The molecule has 8 heteroatoms. The Morgan fingerprint density at radius 2 is 1.97 bits per heavy atom. The lowest BCUT2D eigenvalue weighted by molar-refractivity contribution is -0.136. The number of hydrogen-bond donors (Lipinski definition) is 2. The summed E-state index contributed by atoms with van der Waals surface area (Å²) in [4.78, 5) is 18.7. The van der Waals surface area contributed by atoms with Crippen molar-refractivity contribution in [3.8, 4) is 0 Å². The van der Waals surface area contributed by atoms with Crippen LogP contribution in [0.15, 0.2) is 30.5 Å². The second kappa shape index (κ2) is 8.89. The van der Waals surface area contributed by atoms with E-state index in [2.05, 4.69) is 17.2 Å². The maximum absolute atomic E-state index is 13.5. The molecule has 2 N–H and O–H groups in total. The van der Waals surface area contributed by atoms with E-state index >= 15 is 0 Å². The Morgan fingerprint density at radius 3 is 2.69 bits per heavy atom. The summed E-state index contributed by atoms with van der Waals surface area (Å²) in [5.74, 6) is 0.0909. The number of nitrogens with one attached hydrogen (secondary N) is 1. The molecule has 1 aliphatic carbocycles. The van der Waals surface area contributed by atoms with Crippen LogP contribution in [0.1, 0.15) is 57.4 Å². The van der Waals surface area contributed by atoms with Crippen molar-refractivity contribution >= 4 is 22.5 Å². The number of alkyl halides is 3. The van der Waals surface area contributed by atoms with Gasteiger partial charge < -0.3 is 15.3 Å². The largest absolute Gasteiger partial charge is 0.418 e. The van der Waals surface area contributed by atoms with Crippen LogP contribution >= 0.6 is 0 Å². The first-order chi connectivity index (χ1) is 15.1. The minimum Gasteiger partial charge on any atom is -0.389 e. The molecule has 2 aliphatic rings. The molecule has 32 heavy (non-hydrogen) atoms. The van der Waals surface area contributed by atoms with Gasteiger partial charge in [0.25, 0.3) is 0 Å². The molecule has 174 valence electrons. The first-order valence-corrected chi connectivity index (χ1v) is 11.4. The zero-order valence-corrected chi connectivity index (χ0v) is 18.3. The molecular formula is C24H30F3N3O2. The molecule has 2 fully saturated rings. The Morgan fingerprint density at radius 1 is 1.22 bits per heavy atom. The third kappa shape index (κ3) is 5.00. The number of halogens is 3. The van der Waals surface area contributed by atoms with Gasteiger partial charge in [-0.15, -0.1) is 0 Å². The molecule has 1 saturated carbocycles. The van der Waals surface area contributed by atoms with E-state index in [0.29, 0.717) is 37.0 Å². The van der Waals surface area contributed by atoms with E-state index in [1.165, 1.54) is 12.3 Å². The summed E-state index contributed by atoms with van der Waals surface area (Å²) < 4.78 is 40.4. The van der Waals surface area contributed by atoms with E-state index in [0.717, 1.165) is 31.7 Å². The van der Waals surface area contributed by atoms with Gasteiger partial charge in [0.15, 0.2) is 0 Å². The highest BCUT2D eigenvalue weighted by atomic mass is 19.4. The summed E-state index contributed by atoms with van der Waals surface area (Å²) in [5, 5.41) is 14.2. The SMILES string of the molecule is C[C@H]1CC(NC(=O)CC2(O)CCCCC2)CN(c2ccc(C(F)(F)F)c3ncccc23)C1. The second-order valence-corrected chi connectivity index (χ2v) is 9.50. The van der Waals surface area contributed by atoms with E-state index < -0.39 is 17.3 Å². The quantitative estimate of drug-likeness (QED) is 0.712. The minimum absolute atomic E-state index is 0.0594. The number of amides is 1. The summed E-state index contributed by atoms with van der Waals surface area (Å²) in [6, 6.07) is 5.78. The van der Waals surface area contributed by atoms with E-state index in [-0.39, 0.29) is 29.8 Å². The number of anilines is 1. The molecular weight excluding hydrogens is 419 g/mol. The van der Waals surface area contributed by atoms with Crippen LogP contribution in [0.5, 0.6) is 0 Å². The zero-order chi connectivity index (χ0) is 22.9. The fourth-order valence-electron chi connectivity index (χ4n) is 5.28. The first kappa shape index (κ1) is 22.8. The van der Waals surface area contributed by atoms with Crippen molar-refractivity contribution in [1.29, 1.82) is 0 Å². The molecule has 1 saturated heterocycles. The van der Waals surface area contributed by atoms with Crippen LogP contribution in [0.2, 0.25) is 0 Å². The van der Waals surface area contributed by atoms with Crippen LogP contribution in [0.4, 0.5) is 18.9 Å². The van der Waals surface area contributed by atoms with Crippen molar-refractivity contribution in [3.05, 3.63) is 36.0 Å². The molecule has 1 amide bonds. The molecule has 0 bridgehead atoms.